The lowest BCUT2D eigenvalue weighted by Gasteiger charge is -2.08. The Hall–Kier alpha value is -2.40. The summed E-state index contributed by atoms with van der Waals surface area (Å²) in [5, 5.41) is 16.5. The van der Waals surface area contributed by atoms with E-state index in [0.717, 1.165) is 6.07 Å². The quantitative estimate of drug-likeness (QED) is 0.214. The summed E-state index contributed by atoms with van der Waals surface area (Å²) in [5.41, 5.74) is 0.739. The Balaban J connectivity index is 2.28. The van der Waals surface area contributed by atoms with Crippen molar-refractivity contribution in [3.8, 4) is 0 Å². The highest BCUT2D eigenvalue weighted by molar-refractivity contribution is 9.10. The molecule has 0 heterocycles. The largest absolute Gasteiger partial charge is 0.305 e. The molecule has 3 rings (SSSR count). The maximum atomic E-state index is 11.8. The fraction of sp³-hybridized carbons (Fsp3) is 0. The van der Waals surface area contributed by atoms with E-state index < -0.39 is 10.1 Å². The van der Waals surface area contributed by atoms with Gasteiger partial charge in [-0.3, -0.25) is 4.55 Å². The van der Waals surface area contributed by atoms with Crippen LogP contribution in [-0.2, 0) is 10.1 Å². The Kier molecular flexibility index (Phi) is 5.51. The predicted octanol–water partition coefficient (Wildman–Crippen LogP) is 5.88. The van der Waals surface area contributed by atoms with E-state index in [-0.39, 0.29) is 21.7 Å². The zero-order valence-electron chi connectivity index (χ0n) is 13.4. The number of hydrogen-bond donors (Lipinski definition) is 2. The maximum absolute atomic E-state index is 11.8. The number of halogens is 2. The molecule has 138 valence electrons. The zero-order chi connectivity index (χ0) is 19.6. The molecule has 0 aromatic heterocycles. The molecule has 0 aliphatic carbocycles. The van der Waals surface area contributed by atoms with E-state index in [4.69, 9.17) is 17.4 Å². The van der Waals surface area contributed by atoms with E-state index in [1.165, 1.54) is 6.07 Å². The van der Waals surface area contributed by atoms with E-state index in [1.807, 2.05) is 0 Å². The number of nitrogens with zero attached hydrogens (tertiary/aromatic N) is 4. The minimum Gasteiger partial charge on any atom is -0.305 e. The van der Waals surface area contributed by atoms with Crippen LogP contribution in [0.4, 0.5) is 17.1 Å². The summed E-state index contributed by atoms with van der Waals surface area (Å²) < 4.78 is 33.8. The van der Waals surface area contributed by atoms with E-state index in [2.05, 4.69) is 36.5 Å². The zero-order valence-corrected chi connectivity index (χ0v) is 16.6. The van der Waals surface area contributed by atoms with Gasteiger partial charge in [-0.05, 0) is 40.2 Å². The highest BCUT2D eigenvalue weighted by Crippen LogP contribution is 2.41. The molecule has 8 nitrogen and oxygen atoms in total. The summed E-state index contributed by atoms with van der Waals surface area (Å²) in [5.74, 6) is 5.19. The molecule has 0 amide bonds. The Bertz CT molecular complexity index is 1200. The molecule has 0 saturated heterocycles. The average Bonchev–Trinajstić information content (AvgIpc) is 2.61. The summed E-state index contributed by atoms with van der Waals surface area (Å²) in [6.45, 7) is 0. The monoisotopic (exact) mass is 467 g/mol. The standard InChI is InChI=1S/C16H11BrClN5O3S/c17-12-7-9(18)5-6-13(12)20-21-14-8-15(27(24,25)26)10-3-1-2-4-11(10)16(14)22-23-19/h1-8H,(H2,19,22)(H,24,25,26)/b21-20+. The van der Waals surface area contributed by atoms with Crippen LogP contribution in [0.1, 0.15) is 0 Å². The van der Waals surface area contributed by atoms with Crippen molar-refractivity contribution in [3.63, 3.8) is 0 Å². The van der Waals surface area contributed by atoms with Crippen LogP contribution >= 0.6 is 27.5 Å². The first kappa shape index (κ1) is 19.4. The predicted molar refractivity (Wildman–Crippen MR) is 106 cm³/mol. The SMILES string of the molecule is NN=Nc1c(/N=N/c2ccc(Cl)cc2Br)cc(S(=O)(=O)O)c2ccccc12. The van der Waals surface area contributed by atoms with E-state index in [0.29, 0.717) is 20.6 Å². The fourth-order valence-corrected chi connectivity index (χ4v) is 3.91. The van der Waals surface area contributed by atoms with Crippen molar-refractivity contribution < 1.29 is 13.0 Å². The average molecular weight is 469 g/mol. The Morgan fingerprint density at radius 3 is 2.26 bits per heavy atom. The van der Waals surface area contributed by atoms with Crippen LogP contribution in [0.5, 0.6) is 0 Å². The maximum Gasteiger partial charge on any atom is 0.295 e. The van der Waals surface area contributed by atoms with Gasteiger partial charge in [0, 0.05) is 20.3 Å². The van der Waals surface area contributed by atoms with Crippen molar-refractivity contribution in [2.75, 3.05) is 0 Å². The van der Waals surface area contributed by atoms with E-state index >= 15 is 0 Å². The van der Waals surface area contributed by atoms with Gasteiger partial charge in [0.1, 0.15) is 16.3 Å². The van der Waals surface area contributed by atoms with Crippen molar-refractivity contribution in [2.45, 2.75) is 4.90 Å². The molecule has 0 aliphatic heterocycles. The molecule has 0 fully saturated rings. The van der Waals surface area contributed by atoms with Crippen molar-refractivity contribution in [1.29, 1.82) is 0 Å². The van der Waals surface area contributed by atoms with Gasteiger partial charge in [0.2, 0.25) is 0 Å². The van der Waals surface area contributed by atoms with Crippen molar-refractivity contribution in [2.24, 2.45) is 26.4 Å². The van der Waals surface area contributed by atoms with Crippen molar-refractivity contribution >= 4 is 65.5 Å². The third-order valence-electron chi connectivity index (χ3n) is 3.57. The lowest BCUT2D eigenvalue weighted by molar-refractivity contribution is 0.484. The normalized spacial score (nSPS) is 12.4. The van der Waals surface area contributed by atoms with Gasteiger partial charge < -0.3 is 5.84 Å². The summed E-state index contributed by atoms with van der Waals surface area (Å²) in [7, 11) is -4.51. The van der Waals surface area contributed by atoms with Crippen LogP contribution in [0.25, 0.3) is 10.8 Å². The molecule has 3 N–H and O–H groups in total. The van der Waals surface area contributed by atoms with E-state index in [1.54, 1.807) is 36.4 Å². The minimum atomic E-state index is -4.51. The molecule has 0 unspecified atom stereocenters. The van der Waals surface area contributed by atoms with Crippen LogP contribution in [0.2, 0.25) is 5.02 Å². The first-order valence-corrected chi connectivity index (χ1v) is 9.93. The molecule has 0 spiro atoms. The lowest BCUT2D eigenvalue weighted by Crippen LogP contribution is -1.99. The second kappa shape index (κ2) is 7.69. The van der Waals surface area contributed by atoms with Crippen LogP contribution in [0, 0.1) is 0 Å². The number of nitrogens with two attached hydrogens (primary N) is 1. The van der Waals surface area contributed by atoms with Gasteiger partial charge >= 0.3 is 0 Å². The summed E-state index contributed by atoms with van der Waals surface area (Å²) in [6, 6.07) is 12.5. The number of azo groups is 1. The molecule has 0 bridgehead atoms. The second-order valence-electron chi connectivity index (χ2n) is 5.27. The van der Waals surface area contributed by atoms with Crippen LogP contribution in [0.3, 0.4) is 0 Å². The Labute approximate surface area is 167 Å². The number of benzene rings is 3. The van der Waals surface area contributed by atoms with Crippen LogP contribution in [-0.4, -0.2) is 13.0 Å². The van der Waals surface area contributed by atoms with Gasteiger partial charge in [-0.1, -0.05) is 41.1 Å². The molecule has 11 heteroatoms. The molecular formula is C16H11BrClN5O3S. The third kappa shape index (κ3) is 4.14. The van der Waals surface area contributed by atoms with Gasteiger partial charge in [0.05, 0.1) is 5.69 Å². The summed E-state index contributed by atoms with van der Waals surface area (Å²) in [6.07, 6.45) is 0. The smallest absolute Gasteiger partial charge is 0.295 e. The summed E-state index contributed by atoms with van der Waals surface area (Å²) >= 11 is 9.22. The first-order chi connectivity index (χ1) is 12.8. The molecule has 0 saturated carbocycles. The fourth-order valence-electron chi connectivity index (χ4n) is 2.44. The van der Waals surface area contributed by atoms with Crippen LogP contribution in [0.15, 0.2) is 78.5 Å². The van der Waals surface area contributed by atoms with Gasteiger partial charge in [0.15, 0.2) is 0 Å². The third-order valence-corrected chi connectivity index (χ3v) is 5.33. The molecule has 0 atom stereocenters. The van der Waals surface area contributed by atoms with Gasteiger partial charge in [-0.2, -0.15) is 8.42 Å². The molecule has 0 aliphatic rings. The van der Waals surface area contributed by atoms with Gasteiger partial charge in [-0.25, -0.2) is 0 Å². The van der Waals surface area contributed by atoms with Crippen LogP contribution < -0.4 is 5.84 Å². The number of rotatable bonds is 4. The summed E-state index contributed by atoms with van der Waals surface area (Å²) in [4.78, 5) is -0.321. The lowest BCUT2D eigenvalue weighted by atomic mass is 10.1. The molecule has 3 aromatic rings. The molecule has 0 radical (unpaired) electrons. The number of hydrogen-bond acceptors (Lipinski definition) is 6. The second-order valence-corrected chi connectivity index (χ2v) is 7.96. The van der Waals surface area contributed by atoms with E-state index in [9.17, 15) is 13.0 Å². The molecule has 27 heavy (non-hydrogen) atoms. The van der Waals surface area contributed by atoms with Gasteiger partial charge in [-0.15, -0.1) is 15.3 Å². The molecule has 3 aromatic carbocycles. The van der Waals surface area contributed by atoms with Gasteiger partial charge in [0.25, 0.3) is 10.1 Å². The number of fused-ring (bicyclic) bond motifs is 1. The topological polar surface area (TPSA) is 130 Å². The molecular weight excluding hydrogens is 458 g/mol. The highest BCUT2D eigenvalue weighted by Gasteiger charge is 2.19. The first-order valence-electron chi connectivity index (χ1n) is 7.32. The van der Waals surface area contributed by atoms with Crippen molar-refractivity contribution in [1.82, 2.24) is 0 Å². The minimum absolute atomic E-state index is 0.0670. The highest BCUT2D eigenvalue weighted by atomic mass is 79.9. The Morgan fingerprint density at radius 1 is 0.963 bits per heavy atom. The van der Waals surface area contributed by atoms with Crippen molar-refractivity contribution in [3.05, 3.63) is 58.0 Å². The Morgan fingerprint density at radius 2 is 1.63 bits per heavy atom.